The summed E-state index contributed by atoms with van der Waals surface area (Å²) in [6, 6.07) is 14.2. The fourth-order valence-corrected chi connectivity index (χ4v) is 3.22. The first-order chi connectivity index (χ1) is 14.4. The molecule has 1 amide bonds. The highest BCUT2D eigenvalue weighted by Gasteiger charge is 2.18. The Balaban J connectivity index is 1.81. The summed E-state index contributed by atoms with van der Waals surface area (Å²) in [5, 5.41) is 7.49. The zero-order valence-electron chi connectivity index (χ0n) is 17.6. The Morgan fingerprint density at radius 2 is 1.77 bits per heavy atom. The number of benzene rings is 2. The van der Waals surface area contributed by atoms with Crippen LogP contribution in [0.2, 0.25) is 0 Å². The standard InChI is InChI=1S/C23H25N3O4/c1-5-30-19-12-10-17(11-13-19)22(27)24-21-15(2)25-26(16(21)3)14-18-8-6-7-9-20(18)23(28)29-4/h6-13H,5,14H2,1-4H3,(H,24,27). The summed E-state index contributed by atoms with van der Waals surface area (Å²) in [5.74, 6) is 0.105. The summed E-state index contributed by atoms with van der Waals surface area (Å²) in [4.78, 5) is 24.7. The zero-order valence-corrected chi connectivity index (χ0v) is 17.6. The summed E-state index contributed by atoms with van der Waals surface area (Å²) in [5.41, 5.74) is 3.96. The van der Waals surface area contributed by atoms with E-state index in [9.17, 15) is 9.59 Å². The van der Waals surface area contributed by atoms with Crippen LogP contribution in [-0.4, -0.2) is 35.4 Å². The number of hydrogen-bond acceptors (Lipinski definition) is 5. The Labute approximate surface area is 175 Å². The molecule has 2 aromatic carbocycles. The van der Waals surface area contributed by atoms with Crippen LogP contribution in [0.3, 0.4) is 0 Å². The number of carbonyl (C=O) groups is 2. The Morgan fingerprint density at radius 1 is 1.07 bits per heavy atom. The minimum absolute atomic E-state index is 0.223. The molecule has 30 heavy (non-hydrogen) atoms. The predicted octanol–water partition coefficient (Wildman–Crippen LogP) is 3.99. The third kappa shape index (κ3) is 4.51. The van der Waals surface area contributed by atoms with E-state index in [0.717, 1.165) is 17.0 Å². The van der Waals surface area contributed by atoms with Crippen molar-refractivity contribution in [2.24, 2.45) is 0 Å². The molecule has 0 aliphatic heterocycles. The Kier molecular flexibility index (Phi) is 6.51. The number of ether oxygens (including phenoxy) is 2. The molecule has 0 unspecified atom stereocenters. The zero-order chi connectivity index (χ0) is 21.7. The van der Waals surface area contributed by atoms with Crippen LogP contribution in [0.1, 0.15) is 44.6 Å². The molecule has 3 aromatic rings. The first-order valence-corrected chi connectivity index (χ1v) is 9.69. The fraction of sp³-hybridized carbons (Fsp3) is 0.261. The molecule has 1 aromatic heterocycles. The maximum Gasteiger partial charge on any atom is 0.338 e. The van der Waals surface area contributed by atoms with Crippen LogP contribution in [0.25, 0.3) is 0 Å². The molecule has 0 saturated carbocycles. The van der Waals surface area contributed by atoms with E-state index >= 15 is 0 Å². The molecular weight excluding hydrogens is 382 g/mol. The average molecular weight is 407 g/mol. The number of carbonyl (C=O) groups excluding carboxylic acids is 2. The molecule has 7 nitrogen and oxygen atoms in total. The molecule has 0 aliphatic carbocycles. The van der Waals surface area contributed by atoms with Crippen LogP contribution in [0.5, 0.6) is 5.75 Å². The lowest BCUT2D eigenvalue weighted by molar-refractivity contribution is 0.0599. The van der Waals surface area contributed by atoms with E-state index in [2.05, 4.69) is 10.4 Å². The second-order valence-electron chi connectivity index (χ2n) is 6.76. The van der Waals surface area contributed by atoms with E-state index in [1.807, 2.05) is 32.9 Å². The van der Waals surface area contributed by atoms with E-state index in [-0.39, 0.29) is 5.91 Å². The highest BCUT2D eigenvalue weighted by atomic mass is 16.5. The molecule has 0 fully saturated rings. The Morgan fingerprint density at radius 3 is 2.43 bits per heavy atom. The predicted molar refractivity (Wildman–Crippen MR) is 114 cm³/mol. The van der Waals surface area contributed by atoms with Gasteiger partial charge in [0.15, 0.2) is 0 Å². The number of methoxy groups -OCH3 is 1. The van der Waals surface area contributed by atoms with Crippen LogP contribution in [-0.2, 0) is 11.3 Å². The molecule has 0 aliphatic rings. The van der Waals surface area contributed by atoms with Crippen molar-refractivity contribution in [3.63, 3.8) is 0 Å². The molecule has 7 heteroatoms. The van der Waals surface area contributed by atoms with Gasteiger partial charge in [0.25, 0.3) is 5.91 Å². The average Bonchev–Trinajstić information content (AvgIpc) is 3.01. The molecule has 0 saturated heterocycles. The smallest absolute Gasteiger partial charge is 0.338 e. The Hall–Kier alpha value is -3.61. The third-order valence-corrected chi connectivity index (χ3v) is 4.79. The summed E-state index contributed by atoms with van der Waals surface area (Å²) >= 11 is 0. The number of esters is 1. The molecule has 156 valence electrons. The Bertz CT molecular complexity index is 1050. The van der Waals surface area contributed by atoms with Crippen LogP contribution in [0, 0.1) is 13.8 Å². The van der Waals surface area contributed by atoms with Gasteiger partial charge in [-0.1, -0.05) is 18.2 Å². The van der Waals surface area contributed by atoms with Crippen molar-refractivity contribution in [2.45, 2.75) is 27.3 Å². The van der Waals surface area contributed by atoms with Gasteiger partial charge in [0, 0.05) is 5.56 Å². The summed E-state index contributed by atoms with van der Waals surface area (Å²) in [6.07, 6.45) is 0. The number of rotatable bonds is 7. The van der Waals surface area contributed by atoms with Crippen molar-refractivity contribution in [3.8, 4) is 5.75 Å². The van der Waals surface area contributed by atoms with Gasteiger partial charge in [-0.3, -0.25) is 9.48 Å². The van der Waals surface area contributed by atoms with Crippen molar-refractivity contribution >= 4 is 17.6 Å². The van der Waals surface area contributed by atoms with E-state index in [4.69, 9.17) is 9.47 Å². The number of aryl methyl sites for hydroxylation is 1. The van der Waals surface area contributed by atoms with Gasteiger partial charge in [-0.15, -0.1) is 0 Å². The number of nitrogens with zero attached hydrogens (tertiary/aromatic N) is 2. The number of nitrogens with one attached hydrogen (secondary N) is 1. The molecule has 0 atom stereocenters. The van der Waals surface area contributed by atoms with E-state index in [0.29, 0.717) is 35.7 Å². The maximum atomic E-state index is 12.7. The molecule has 3 rings (SSSR count). The van der Waals surface area contributed by atoms with Gasteiger partial charge in [0.05, 0.1) is 42.9 Å². The first-order valence-electron chi connectivity index (χ1n) is 9.69. The second-order valence-corrected chi connectivity index (χ2v) is 6.76. The minimum atomic E-state index is -0.392. The topological polar surface area (TPSA) is 82.5 Å². The van der Waals surface area contributed by atoms with Crippen LogP contribution < -0.4 is 10.1 Å². The molecular formula is C23H25N3O4. The molecule has 1 N–H and O–H groups in total. The van der Waals surface area contributed by atoms with Gasteiger partial charge in [-0.2, -0.15) is 5.10 Å². The first kappa shape index (κ1) is 21.1. The van der Waals surface area contributed by atoms with Crippen molar-refractivity contribution in [2.75, 3.05) is 19.0 Å². The molecule has 0 bridgehead atoms. The summed E-state index contributed by atoms with van der Waals surface area (Å²) in [6.45, 7) is 6.59. The number of hydrogen-bond donors (Lipinski definition) is 1. The van der Waals surface area contributed by atoms with Crippen molar-refractivity contribution < 1.29 is 19.1 Å². The largest absolute Gasteiger partial charge is 0.494 e. The lowest BCUT2D eigenvalue weighted by Crippen LogP contribution is -2.14. The van der Waals surface area contributed by atoms with E-state index < -0.39 is 5.97 Å². The molecule has 0 radical (unpaired) electrons. The van der Waals surface area contributed by atoms with Crippen LogP contribution in [0.4, 0.5) is 5.69 Å². The lowest BCUT2D eigenvalue weighted by atomic mass is 10.1. The fourth-order valence-electron chi connectivity index (χ4n) is 3.22. The quantitative estimate of drug-likeness (QED) is 0.599. The van der Waals surface area contributed by atoms with E-state index in [1.165, 1.54) is 7.11 Å². The molecule has 0 spiro atoms. The monoisotopic (exact) mass is 407 g/mol. The van der Waals surface area contributed by atoms with Crippen molar-refractivity contribution in [1.82, 2.24) is 9.78 Å². The third-order valence-electron chi connectivity index (χ3n) is 4.79. The number of anilines is 1. The van der Waals surface area contributed by atoms with Gasteiger partial charge in [0.1, 0.15) is 5.75 Å². The van der Waals surface area contributed by atoms with Gasteiger partial charge in [0.2, 0.25) is 0 Å². The van der Waals surface area contributed by atoms with Gasteiger partial charge in [-0.05, 0) is 56.7 Å². The summed E-state index contributed by atoms with van der Waals surface area (Å²) < 4.78 is 12.0. The van der Waals surface area contributed by atoms with E-state index in [1.54, 1.807) is 41.1 Å². The van der Waals surface area contributed by atoms with Gasteiger partial charge in [-0.25, -0.2) is 4.79 Å². The van der Waals surface area contributed by atoms with Gasteiger partial charge >= 0.3 is 5.97 Å². The van der Waals surface area contributed by atoms with Crippen LogP contribution >= 0.6 is 0 Å². The molecule has 1 heterocycles. The summed E-state index contributed by atoms with van der Waals surface area (Å²) in [7, 11) is 1.36. The second kappa shape index (κ2) is 9.26. The highest BCUT2D eigenvalue weighted by Crippen LogP contribution is 2.23. The van der Waals surface area contributed by atoms with Gasteiger partial charge < -0.3 is 14.8 Å². The van der Waals surface area contributed by atoms with Crippen molar-refractivity contribution in [1.29, 1.82) is 0 Å². The van der Waals surface area contributed by atoms with Crippen LogP contribution in [0.15, 0.2) is 48.5 Å². The lowest BCUT2D eigenvalue weighted by Gasteiger charge is -2.10. The van der Waals surface area contributed by atoms with Crippen molar-refractivity contribution in [3.05, 3.63) is 76.6 Å². The number of aromatic nitrogens is 2. The number of amides is 1. The maximum absolute atomic E-state index is 12.7. The normalized spacial score (nSPS) is 10.5. The minimum Gasteiger partial charge on any atom is -0.494 e. The highest BCUT2D eigenvalue weighted by molar-refractivity contribution is 6.04. The SMILES string of the molecule is CCOc1ccc(C(=O)Nc2c(C)nn(Cc3ccccc3C(=O)OC)c2C)cc1.